The highest BCUT2D eigenvalue weighted by molar-refractivity contribution is 4.85. The van der Waals surface area contributed by atoms with Crippen LogP contribution in [0.4, 0.5) is 0 Å². The first-order chi connectivity index (χ1) is 6.52. The second-order valence-corrected chi connectivity index (χ2v) is 4.67. The van der Waals surface area contributed by atoms with Crippen molar-refractivity contribution in [2.75, 3.05) is 26.4 Å². The molecule has 4 heteroatoms. The van der Waals surface area contributed by atoms with Crippen molar-refractivity contribution in [2.24, 2.45) is 5.41 Å². The standard InChI is InChI=1S/C10H18O4/c1-8-11-4-10(5-12-8)6-13-9(2,3)14-7-10/h8H,4-7H2,1-3H3. The Labute approximate surface area is 84.5 Å². The third kappa shape index (κ3) is 2.08. The quantitative estimate of drug-likeness (QED) is 0.590. The summed E-state index contributed by atoms with van der Waals surface area (Å²) in [6, 6.07) is 0. The molecule has 4 nitrogen and oxygen atoms in total. The molecule has 1 spiro atoms. The molecule has 0 unspecified atom stereocenters. The van der Waals surface area contributed by atoms with Crippen LogP contribution in [-0.4, -0.2) is 38.5 Å². The van der Waals surface area contributed by atoms with Crippen LogP contribution in [0.5, 0.6) is 0 Å². The molecule has 2 saturated heterocycles. The third-order valence-corrected chi connectivity index (χ3v) is 2.70. The minimum absolute atomic E-state index is 0.0952. The minimum atomic E-state index is -0.464. The van der Waals surface area contributed by atoms with E-state index in [9.17, 15) is 0 Å². The fourth-order valence-electron chi connectivity index (χ4n) is 1.58. The van der Waals surface area contributed by atoms with Gasteiger partial charge in [0.25, 0.3) is 0 Å². The summed E-state index contributed by atoms with van der Waals surface area (Å²) in [6.07, 6.45) is -0.101. The van der Waals surface area contributed by atoms with Gasteiger partial charge in [0.2, 0.25) is 0 Å². The average Bonchev–Trinajstić information content (AvgIpc) is 2.16. The van der Waals surface area contributed by atoms with Gasteiger partial charge in [-0.3, -0.25) is 0 Å². The zero-order valence-electron chi connectivity index (χ0n) is 9.04. The molecule has 0 amide bonds. The molecule has 2 fully saturated rings. The summed E-state index contributed by atoms with van der Waals surface area (Å²) in [6.45, 7) is 8.36. The topological polar surface area (TPSA) is 36.9 Å². The Balaban J connectivity index is 1.93. The first-order valence-corrected chi connectivity index (χ1v) is 5.03. The molecule has 0 aromatic rings. The van der Waals surface area contributed by atoms with E-state index in [1.54, 1.807) is 0 Å². The Bertz CT molecular complexity index is 194. The van der Waals surface area contributed by atoms with Crippen LogP contribution in [0, 0.1) is 5.41 Å². The zero-order valence-corrected chi connectivity index (χ0v) is 9.04. The molecule has 0 N–H and O–H groups in total. The van der Waals surface area contributed by atoms with Crippen molar-refractivity contribution in [3.8, 4) is 0 Å². The van der Waals surface area contributed by atoms with E-state index in [0.29, 0.717) is 26.4 Å². The van der Waals surface area contributed by atoms with Crippen LogP contribution in [0.1, 0.15) is 20.8 Å². The molecule has 0 saturated carbocycles. The molecule has 0 bridgehead atoms. The van der Waals surface area contributed by atoms with E-state index in [2.05, 4.69) is 0 Å². The number of hydrogen-bond donors (Lipinski definition) is 0. The summed E-state index contributed by atoms with van der Waals surface area (Å²) in [5, 5.41) is 0. The molecule has 0 atom stereocenters. The first kappa shape index (κ1) is 10.4. The lowest BCUT2D eigenvalue weighted by atomic mass is 9.90. The predicted octanol–water partition coefficient (Wildman–Crippen LogP) is 1.15. The summed E-state index contributed by atoms with van der Waals surface area (Å²) in [5.74, 6) is -0.464. The second-order valence-electron chi connectivity index (χ2n) is 4.67. The average molecular weight is 202 g/mol. The monoisotopic (exact) mass is 202 g/mol. The Morgan fingerprint density at radius 1 is 0.929 bits per heavy atom. The summed E-state index contributed by atoms with van der Waals surface area (Å²) < 4.78 is 22.1. The molecule has 2 rings (SSSR count). The van der Waals surface area contributed by atoms with E-state index in [1.165, 1.54) is 0 Å². The zero-order chi connectivity index (χ0) is 10.2. The molecule has 0 radical (unpaired) electrons. The lowest BCUT2D eigenvalue weighted by Gasteiger charge is -2.45. The van der Waals surface area contributed by atoms with Crippen LogP contribution in [-0.2, 0) is 18.9 Å². The minimum Gasteiger partial charge on any atom is -0.352 e. The van der Waals surface area contributed by atoms with E-state index in [4.69, 9.17) is 18.9 Å². The second kappa shape index (κ2) is 3.45. The highest BCUT2D eigenvalue weighted by atomic mass is 16.7. The van der Waals surface area contributed by atoms with Gasteiger partial charge in [-0.25, -0.2) is 0 Å². The van der Waals surface area contributed by atoms with Crippen LogP contribution in [0.15, 0.2) is 0 Å². The fraction of sp³-hybridized carbons (Fsp3) is 1.00. The Morgan fingerprint density at radius 3 is 1.93 bits per heavy atom. The van der Waals surface area contributed by atoms with Gasteiger partial charge in [-0.2, -0.15) is 0 Å². The van der Waals surface area contributed by atoms with E-state index >= 15 is 0 Å². The Kier molecular flexibility index (Phi) is 2.55. The maximum atomic E-state index is 5.61. The highest BCUT2D eigenvalue weighted by Crippen LogP contribution is 2.33. The fourth-order valence-corrected chi connectivity index (χ4v) is 1.58. The van der Waals surface area contributed by atoms with Crippen molar-refractivity contribution in [2.45, 2.75) is 32.8 Å². The van der Waals surface area contributed by atoms with Gasteiger partial charge in [0.15, 0.2) is 12.1 Å². The van der Waals surface area contributed by atoms with Gasteiger partial charge < -0.3 is 18.9 Å². The number of rotatable bonds is 0. The highest BCUT2D eigenvalue weighted by Gasteiger charge is 2.43. The number of ether oxygens (including phenoxy) is 4. The molecule has 2 aliphatic rings. The predicted molar refractivity (Wildman–Crippen MR) is 49.8 cm³/mol. The lowest BCUT2D eigenvalue weighted by Crippen LogP contribution is -2.54. The van der Waals surface area contributed by atoms with Crippen molar-refractivity contribution in [1.82, 2.24) is 0 Å². The Hall–Kier alpha value is -0.160. The van der Waals surface area contributed by atoms with E-state index in [-0.39, 0.29) is 11.7 Å². The van der Waals surface area contributed by atoms with Gasteiger partial charge >= 0.3 is 0 Å². The van der Waals surface area contributed by atoms with Gasteiger partial charge in [-0.15, -0.1) is 0 Å². The Morgan fingerprint density at radius 2 is 1.43 bits per heavy atom. The van der Waals surface area contributed by atoms with E-state index in [1.807, 2.05) is 20.8 Å². The van der Waals surface area contributed by atoms with Gasteiger partial charge in [0.1, 0.15) is 0 Å². The van der Waals surface area contributed by atoms with Crippen molar-refractivity contribution in [3.63, 3.8) is 0 Å². The molecule has 82 valence electrons. The molecule has 0 aliphatic carbocycles. The maximum absolute atomic E-state index is 5.61. The van der Waals surface area contributed by atoms with Crippen LogP contribution < -0.4 is 0 Å². The smallest absolute Gasteiger partial charge is 0.162 e. The molecule has 2 heterocycles. The van der Waals surface area contributed by atoms with Gasteiger partial charge in [-0.05, 0) is 20.8 Å². The summed E-state index contributed by atoms with van der Waals surface area (Å²) >= 11 is 0. The first-order valence-electron chi connectivity index (χ1n) is 5.03. The molecule has 0 aromatic carbocycles. The molecule has 0 aromatic heterocycles. The van der Waals surface area contributed by atoms with E-state index in [0.717, 1.165) is 0 Å². The summed E-state index contributed by atoms with van der Waals surface area (Å²) in [5.41, 5.74) is -0.0952. The molecular formula is C10H18O4. The van der Waals surface area contributed by atoms with Crippen LogP contribution in [0.25, 0.3) is 0 Å². The molecule has 2 aliphatic heterocycles. The van der Waals surface area contributed by atoms with Gasteiger partial charge in [0, 0.05) is 0 Å². The summed E-state index contributed by atoms with van der Waals surface area (Å²) in [4.78, 5) is 0. The summed E-state index contributed by atoms with van der Waals surface area (Å²) in [7, 11) is 0. The van der Waals surface area contributed by atoms with Crippen molar-refractivity contribution in [3.05, 3.63) is 0 Å². The largest absolute Gasteiger partial charge is 0.352 e. The van der Waals surface area contributed by atoms with Gasteiger partial charge in [-0.1, -0.05) is 0 Å². The SMILES string of the molecule is CC1OCC2(CO1)COC(C)(C)OC2. The maximum Gasteiger partial charge on any atom is 0.162 e. The van der Waals surface area contributed by atoms with Crippen LogP contribution in [0.2, 0.25) is 0 Å². The van der Waals surface area contributed by atoms with Gasteiger partial charge in [0.05, 0.1) is 31.8 Å². The van der Waals surface area contributed by atoms with Crippen molar-refractivity contribution in [1.29, 1.82) is 0 Å². The van der Waals surface area contributed by atoms with Crippen molar-refractivity contribution >= 4 is 0 Å². The lowest BCUT2D eigenvalue weighted by molar-refractivity contribution is -0.329. The molecular weight excluding hydrogens is 184 g/mol. The van der Waals surface area contributed by atoms with Crippen LogP contribution in [0.3, 0.4) is 0 Å². The normalized spacial score (nSPS) is 31.9. The molecule has 14 heavy (non-hydrogen) atoms. The van der Waals surface area contributed by atoms with Crippen LogP contribution >= 0.6 is 0 Å². The third-order valence-electron chi connectivity index (χ3n) is 2.70. The van der Waals surface area contributed by atoms with E-state index < -0.39 is 5.79 Å². The van der Waals surface area contributed by atoms with Crippen molar-refractivity contribution < 1.29 is 18.9 Å². The number of hydrogen-bond acceptors (Lipinski definition) is 4.